The lowest BCUT2D eigenvalue weighted by atomic mass is 9.99. The summed E-state index contributed by atoms with van der Waals surface area (Å²) in [5.74, 6) is 0.595. The van der Waals surface area contributed by atoms with E-state index in [0.29, 0.717) is 5.82 Å². The number of benzene rings is 2. The fourth-order valence-electron chi connectivity index (χ4n) is 2.87. The van der Waals surface area contributed by atoms with Crippen LogP contribution in [0.3, 0.4) is 0 Å². The molecule has 0 amide bonds. The van der Waals surface area contributed by atoms with Gasteiger partial charge < -0.3 is 16.5 Å². The van der Waals surface area contributed by atoms with Crippen LogP contribution in [-0.2, 0) is 0 Å². The summed E-state index contributed by atoms with van der Waals surface area (Å²) in [6.45, 7) is 2.07. The first-order chi connectivity index (χ1) is 10.6. The van der Waals surface area contributed by atoms with E-state index < -0.39 is 0 Å². The number of fused-ring (bicyclic) bond motifs is 3. The van der Waals surface area contributed by atoms with E-state index >= 15 is 0 Å². The Labute approximate surface area is 127 Å². The number of hydrogen-bond donors (Lipinski definition) is 3. The summed E-state index contributed by atoms with van der Waals surface area (Å²) >= 11 is 0. The van der Waals surface area contributed by atoms with Gasteiger partial charge in [0.15, 0.2) is 0 Å². The fourth-order valence-corrected chi connectivity index (χ4v) is 2.87. The lowest BCUT2D eigenvalue weighted by Crippen LogP contribution is -2.01. The maximum atomic E-state index is 6.05. The average Bonchev–Trinajstić information content (AvgIpc) is 2.95. The third kappa shape index (κ3) is 1.79. The van der Waals surface area contributed by atoms with E-state index in [1.165, 1.54) is 5.56 Å². The number of nitrogens with zero attached hydrogens (tertiary/aromatic N) is 2. The summed E-state index contributed by atoms with van der Waals surface area (Å²) in [5, 5.41) is 1.84. The minimum absolute atomic E-state index is 0.190. The average molecular weight is 289 g/mol. The molecule has 22 heavy (non-hydrogen) atoms. The Morgan fingerprint density at radius 1 is 1.00 bits per heavy atom. The van der Waals surface area contributed by atoms with Gasteiger partial charge in [0.25, 0.3) is 0 Å². The fraction of sp³-hybridized carbons (Fsp3) is 0.0588. The molecule has 5 heteroatoms. The van der Waals surface area contributed by atoms with Gasteiger partial charge in [0.05, 0.1) is 16.4 Å². The first-order valence-corrected chi connectivity index (χ1v) is 7.03. The molecule has 0 spiro atoms. The van der Waals surface area contributed by atoms with E-state index in [1.807, 2.05) is 18.3 Å². The monoisotopic (exact) mass is 289 g/mol. The van der Waals surface area contributed by atoms with Gasteiger partial charge >= 0.3 is 0 Å². The van der Waals surface area contributed by atoms with Gasteiger partial charge in [-0.1, -0.05) is 29.8 Å². The van der Waals surface area contributed by atoms with Crippen LogP contribution in [0.25, 0.3) is 32.9 Å². The molecule has 4 aromatic rings. The SMILES string of the molecule is Cc1ccc(-c2cc3nc(N)nc(N)c3c3cc[nH]c23)cc1. The third-order valence-electron chi connectivity index (χ3n) is 3.91. The largest absolute Gasteiger partial charge is 0.383 e. The second kappa shape index (κ2) is 4.46. The predicted octanol–water partition coefficient (Wildman–Crippen LogP) is 3.25. The van der Waals surface area contributed by atoms with Crippen LogP contribution in [0.2, 0.25) is 0 Å². The normalized spacial score (nSPS) is 11.3. The highest BCUT2D eigenvalue weighted by Crippen LogP contribution is 2.35. The highest BCUT2D eigenvalue weighted by Gasteiger charge is 2.13. The Morgan fingerprint density at radius 3 is 2.55 bits per heavy atom. The Hall–Kier alpha value is -3.08. The Morgan fingerprint density at radius 2 is 1.77 bits per heavy atom. The van der Waals surface area contributed by atoms with Crippen molar-refractivity contribution in [2.45, 2.75) is 6.92 Å². The van der Waals surface area contributed by atoms with Gasteiger partial charge in [-0.05, 0) is 24.6 Å². The summed E-state index contributed by atoms with van der Waals surface area (Å²) in [6, 6.07) is 12.4. The number of nitrogens with two attached hydrogens (primary N) is 2. The first kappa shape index (κ1) is 12.6. The van der Waals surface area contributed by atoms with Crippen LogP contribution in [0, 0.1) is 6.92 Å². The molecule has 108 valence electrons. The van der Waals surface area contributed by atoms with Gasteiger partial charge in [0.2, 0.25) is 5.95 Å². The molecule has 0 fully saturated rings. The second-order valence-electron chi connectivity index (χ2n) is 5.42. The Kier molecular flexibility index (Phi) is 2.56. The van der Waals surface area contributed by atoms with Crippen molar-refractivity contribution in [3.8, 4) is 11.1 Å². The maximum absolute atomic E-state index is 6.05. The summed E-state index contributed by atoms with van der Waals surface area (Å²) in [5.41, 5.74) is 17.0. The molecule has 0 unspecified atom stereocenters. The van der Waals surface area contributed by atoms with Crippen molar-refractivity contribution >= 4 is 33.6 Å². The van der Waals surface area contributed by atoms with Crippen molar-refractivity contribution in [2.24, 2.45) is 0 Å². The molecular formula is C17H15N5. The number of hydrogen-bond acceptors (Lipinski definition) is 4. The molecule has 0 aliphatic heterocycles. The molecule has 2 aromatic carbocycles. The lowest BCUT2D eigenvalue weighted by Gasteiger charge is -2.09. The topological polar surface area (TPSA) is 93.6 Å². The van der Waals surface area contributed by atoms with Crippen molar-refractivity contribution < 1.29 is 0 Å². The molecule has 0 saturated heterocycles. The number of rotatable bonds is 1. The van der Waals surface area contributed by atoms with Crippen molar-refractivity contribution in [3.05, 3.63) is 48.2 Å². The smallest absolute Gasteiger partial charge is 0.222 e. The van der Waals surface area contributed by atoms with Crippen molar-refractivity contribution in [2.75, 3.05) is 11.5 Å². The van der Waals surface area contributed by atoms with E-state index in [4.69, 9.17) is 11.5 Å². The van der Waals surface area contributed by atoms with Crippen molar-refractivity contribution in [1.29, 1.82) is 0 Å². The summed E-state index contributed by atoms with van der Waals surface area (Å²) in [4.78, 5) is 11.7. The van der Waals surface area contributed by atoms with Crippen LogP contribution in [0.5, 0.6) is 0 Å². The highest BCUT2D eigenvalue weighted by atomic mass is 15.0. The summed E-state index contributed by atoms with van der Waals surface area (Å²) < 4.78 is 0. The van der Waals surface area contributed by atoms with Gasteiger partial charge in [0.1, 0.15) is 5.82 Å². The second-order valence-corrected chi connectivity index (χ2v) is 5.42. The zero-order valence-electron chi connectivity index (χ0n) is 12.1. The number of nitrogen functional groups attached to an aromatic ring is 2. The molecule has 0 aliphatic carbocycles. The van der Waals surface area contributed by atoms with Crippen LogP contribution < -0.4 is 11.5 Å². The quantitative estimate of drug-likeness (QED) is 0.501. The van der Waals surface area contributed by atoms with Crippen LogP contribution >= 0.6 is 0 Å². The molecule has 2 heterocycles. The van der Waals surface area contributed by atoms with E-state index in [2.05, 4.69) is 46.1 Å². The number of anilines is 2. The lowest BCUT2D eigenvalue weighted by molar-refractivity contribution is 1.25. The number of aromatic nitrogens is 3. The van der Waals surface area contributed by atoms with Crippen molar-refractivity contribution in [3.63, 3.8) is 0 Å². The van der Waals surface area contributed by atoms with Gasteiger partial charge in [-0.15, -0.1) is 0 Å². The zero-order chi connectivity index (χ0) is 15.3. The molecule has 0 bridgehead atoms. The van der Waals surface area contributed by atoms with Crippen LogP contribution in [0.15, 0.2) is 42.6 Å². The molecule has 5 nitrogen and oxygen atoms in total. The van der Waals surface area contributed by atoms with Crippen LogP contribution in [0.4, 0.5) is 11.8 Å². The molecule has 0 radical (unpaired) electrons. The summed E-state index contributed by atoms with van der Waals surface area (Å²) in [6.07, 6.45) is 1.90. The molecule has 4 rings (SSSR count). The Balaban J connectivity index is 2.13. The number of aromatic amines is 1. The number of nitrogens with one attached hydrogen (secondary N) is 1. The number of H-pyrrole nitrogens is 1. The van der Waals surface area contributed by atoms with Gasteiger partial charge in [0, 0.05) is 17.1 Å². The van der Waals surface area contributed by atoms with Gasteiger partial charge in [-0.3, -0.25) is 0 Å². The molecule has 5 N–H and O–H groups in total. The van der Waals surface area contributed by atoms with Crippen LogP contribution in [-0.4, -0.2) is 15.0 Å². The van der Waals surface area contributed by atoms with E-state index in [-0.39, 0.29) is 5.95 Å². The zero-order valence-corrected chi connectivity index (χ0v) is 12.1. The predicted molar refractivity (Wildman–Crippen MR) is 90.4 cm³/mol. The van der Waals surface area contributed by atoms with Crippen molar-refractivity contribution in [1.82, 2.24) is 15.0 Å². The van der Waals surface area contributed by atoms with Gasteiger partial charge in [-0.2, -0.15) is 4.98 Å². The molecular weight excluding hydrogens is 274 g/mol. The van der Waals surface area contributed by atoms with Crippen LogP contribution in [0.1, 0.15) is 5.56 Å². The van der Waals surface area contributed by atoms with Gasteiger partial charge in [-0.25, -0.2) is 4.98 Å². The first-order valence-electron chi connectivity index (χ1n) is 7.03. The molecule has 0 aliphatic rings. The highest BCUT2D eigenvalue weighted by molar-refractivity contribution is 6.15. The third-order valence-corrected chi connectivity index (χ3v) is 3.91. The molecule has 2 aromatic heterocycles. The minimum atomic E-state index is 0.190. The standard InChI is InChI=1S/C17H15N5/c1-9-2-4-10(5-3-9)12-8-13-14(11-6-7-20-15(11)12)16(18)22-17(19)21-13/h2-8,20H,1H3,(H4,18,19,21,22). The molecule has 0 atom stereocenters. The maximum Gasteiger partial charge on any atom is 0.222 e. The number of aryl methyl sites for hydroxylation is 1. The van der Waals surface area contributed by atoms with E-state index in [1.54, 1.807) is 0 Å². The molecule has 0 saturated carbocycles. The Bertz CT molecular complexity index is 999. The van der Waals surface area contributed by atoms with E-state index in [0.717, 1.165) is 32.9 Å². The van der Waals surface area contributed by atoms with E-state index in [9.17, 15) is 0 Å². The minimum Gasteiger partial charge on any atom is -0.383 e. The summed E-state index contributed by atoms with van der Waals surface area (Å²) in [7, 11) is 0.